The molecule has 0 radical (unpaired) electrons. The zero-order chi connectivity index (χ0) is 14.1. The lowest BCUT2D eigenvalue weighted by Crippen LogP contribution is -1.96. The first-order valence-corrected chi connectivity index (χ1v) is 7.17. The molecule has 0 saturated heterocycles. The molecule has 1 N–H and O–H groups in total. The highest BCUT2D eigenvalue weighted by Crippen LogP contribution is 2.31. The zero-order valence-corrected chi connectivity index (χ0v) is 12.2. The van der Waals surface area contributed by atoms with Crippen molar-refractivity contribution in [2.24, 2.45) is 7.05 Å². The van der Waals surface area contributed by atoms with E-state index in [-0.39, 0.29) is 6.61 Å². The van der Waals surface area contributed by atoms with Crippen LogP contribution in [0, 0.1) is 6.92 Å². The summed E-state index contributed by atoms with van der Waals surface area (Å²) in [4.78, 5) is 4.65. The topological polar surface area (TPSA) is 50.9 Å². The van der Waals surface area contributed by atoms with Gasteiger partial charge in [-0.3, -0.25) is 4.68 Å². The monoisotopic (exact) mass is 285 g/mol. The molecule has 0 bridgehead atoms. The maximum Gasteiger partial charge on any atom is 0.108 e. The minimum absolute atomic E-state index is 0.0169. The van der Waals surface area contributed by atoms with E-state index in [0.717, 1.165) is 32.2 Å². The van der Waals surface area contributed by atoms with Crippen LogP contribution in [-0.2, 0) is 13.7 Å². The number of hydrogen-bond donors (Lipinski definition) is 1. The number of pyridine rings is 1. The largest absolute Gasteiger partial charge is 0.392 e. The molecule has 0 aliphatic rings. The van der Waals surface area contributed by atoms with Gasteiger partial charge in [0.2, 0.25) is 0 Å². The zero-order valence-electron chi connectivity index (χ0n) is 11.4. The number of rotatable bonds is 3. The molecule has 0 aliphatic heterocycles. The maximum atomic E-state index is 9.55. The number of aliphatic hydroxyl groups excluding tert-OH is 1. The van der Waals surface area contributed by atoms with Gasteiger partial charge in [-0.05, 0) is 25.1 Å². The highest BCUT2D eigenvalue weighted by Gasteiger charge is 2.11. The molecule has 3 rings (SSSR count). The number of aryl methyl sites for hydroxylation is 2. The van der Waals surface area contributed by atoms with E-state index in [1.54, 1.807) is 0 Å². The summed E-state index contributed by atoms with van der Waals surface area (Å²) >= 11 is 1.53. The van der Waals surface area contributed by atoms with Crippen molar-refractivity contribution >= 4 is 22.7 Å². The van der Waals surface area contributed by atoms with E-state index in [0.29, 0.717) is 0 Å². The smallest absolute Gasteiger partial charge is 0.108 e. The van der Waals surface area contributed by atoms with Crippen LogP contribution in [0.25, 0.3) is 10.9 Å². The molecule has 1 aromatic carbocycles. The summed E-state index contributed by atoms with van der Waals surface area (Å²) in [7, 11) is 1.91. The van der Waals surface area contributed by atoms with E-state index >= 15 is 0 Å². The van der Waals surface area contributed by atoms with Crippen molar-refractivity contribution in [1.29, 1.82) is 0 Å². The van der Waals surface area contributed by atoms with Crippen LogP contribution in [0.1, 0.15) is 11.3 Å². The number of benzene rings is 1. The highest BCUT2D eigenvalue weighted by molar-refractivity contribution is 7.99. The molecule has 4 nitrogen and oxygen atoms in total. The molecule has 102 valence electrons. The van der Waals surface area contributed by atoms with Crippen LogP contribution in [0.2, 0.25) is 0 Å². The second kappa shape index (κ2) is 5.26. The SMILES string of the molecule is Cc1cc(Sc2nc3ccccc3cc2CO)n(C)n1. The Bertz CT molecular complexity index is 767. The maximum absolute atomic E-state index is 9.55. The Morgan fingerprint density at radius 1 is 1.25 bits per heavy atom. The molecular weight excluding hydrogens is 270 g/mol. The predicted molar refractivity (Wildman–Crippen MR) is 79.7 cm³/mol. The van der Waals surface area contributed by atoms with Crippen molar-refractivity contribution in [3.63, 3.8) is 0 Å². The third-order valence-corrected chi connectivity index (χ3v) is 4.23. The molecule has 0 unspecified atom stereocenters. The first-order chi connectivity index (χ1) is 9.67. The van der Waals surface area contributed by atoms with Gasteiger partial charge in [0.15, 0.2) is 0 Å². The van der Waals surface area contributed by atoms with Gasteiger partial charge >= 0.3 is 0 Å². The van der Waals surface area contributed by atoms with Crippen LogP contribution < -0.4 is 0 Å². The number of nitrogens with zero attached hydrogens (tertiary/aromatic N) is 3. The lowest BCUT2D eigenvalue weighted by molar-refractivity contribution is 0.278. The lowest BCUT2D eigenvalue weighted by atomic mass is 10.2. The van der Waals surface area contributed by atoms with Gasteiger partial charge in [-0.25, -0.2) is 4.98 Å². The summed E-state index contributed by atoms with van der Waals surface area (Å²) in [5, 5.41) is 16.8. The molecule has 3 aromatic rings. The fraction of sp³-hybridized carbons (Fsp3) is 0.200. The Morgan fingerprint density at radius 2 is 2.05 bits per heavy atom. The summed E-state index contributed by atoms with van der Waals surface area (Å²) in [5.74, 6) is 0. The summed E-state index contributed by atoms with van der Waals surface area (Å²) in [6.07, 6.45) is 0. The molecule has 2 heterocycles. The average Bonchev–Trinajstić information content (AvgIpc) is 2.76. The molecule has 0 aliphatic carbocycles. The van der Waals surface area contributed by atoms with Crippen molar-refractivity contribution in [3.05, 3.63) is 47.7 Å². The second-order valence-electron chi connectivity index (χ2n) is 4.65. The molecule has 5 heteroatoms. The molecule has 0 spiro atoms. The summed E-state index contributed by atoms with van der Waals surface area (Å²) in [6, 6.07) is 11.9. The van der Waals surface area contributed by atoms with Crippen LogP contribution >= 0.6 is 11.8 Å². The fourth-order valence-corrected chi connectivity index (χ4v) is 3.12. The normalized spacial score (nSPS) is 11.2. The predicted octanol–water partition coefficient (Wildman–Crippen LogP) is 2.92. The van der Waals surface area contributed by atoms with E-state index < -0.39 is 0 Å². The Hall–Kier alpha value is -1.85. The summed E-state index contributed by atoms with van der Waals surface area (Å²) < 4.78 is 1.83. The number of aliphatic hydroxyl groups is 1. The van der Waals surface area contributed by atoms with Gasteiger partial charge in [0.25, 0.3) is 0 Å². The highest BCUT2D eigenvalue weighted by atomic mass is 32.2. The Morgan fingerprint density at radius 3 is 2.75 bits per heavy atom. The quantitative estimate of drug-likeness (QED) is 0.804. The van der Waals surface area contributed by atoms with Gasteiger partial charge < -0.3 is 5.11 Å². The van der Waals surface area contributed by atoms with Crippen LogP contribution in [-0.4, -0.2) is 19.9 Å². The summed E-state index contributed by atoms with van der Waals surface area (Å²) in [6.45, 7) is 1.95. The Balaban J connectivity index is 2.07. The van der Waals surface area contributed by atoms with Crippen LogP contribution in [0.3, 0.4) is 0 Å². The van der Waals surface area contributed by atoms with E-state index in [1.807, 2.05) is 55.1 Å². The molecule has 20 heavy (non-hydrogen) atoms. The van der Waals surface area contributed by atoms with E-state index in [9.17, 15) is 5.11 Å². The van der Waals surface area contributed by atoms with Crippen LogP contribution in [0.15, 0.2) is 46.5 Å². The Kier molecular flexibility index (Phi) is 3.46. The standard InChI is InChI=1S/C15H15N3OS/c1-10-7-14(18(2)17-10)20-15-12(9-19)8-11-5-3-4-6-13(11)16-15/h3-8,19H,9H2,1-2H3. The van der Waals surface area contributed by atoms with Gasteiger partial charge in [-0.2, -0.15) is 5.10 Å². The molecule has 2 aromatic heterocycles. The average molecular weight is 285 g/mol. The van der Waals surface area contributed by atoms with Gasteiger partial charge in [0.05, 0.1) is 17.8 Å². The minimum atomic E-state index is -0.0169. The first-order valence-electron chi connectivity index (χ1n) is 6.35. The molecule has 0 amide bonds. The third kappa shape index (κ3) is 2.42. The van der Waals surface area contributed by atoms with Gasteiger partial charge in [-0.15, -0.1) is 0 Å². The van der Waals surface area contributed by atoms with Crippen molar-refractivity contribution < 1.29 is 5.11 Å². The molecule has 0 saturated carbocycles. The molecule has 0 atom stereocenters. The third-order valence-electron chi connectivity index (χ3n) is 3.09. The minimum Gasteiger partial charge on any atom is -0.392 e. The second-order valence-corrected chi connectivity index (χ2v) is 5.66. The number of aromatic nitrogens is 3. The number of fused-ring (bicyclic) bond motifs is 1. The number of para-hydroxylation sites is 1. The van der Waals surface area contributed by atoms with Gasteiger partial charge in [-0.1, -0.05) is 30.0 Å². The van der Waals surface area contributed by atoms with Crippen LogP contribution in [0.5, 0.6) is 0 Å². The lowest BCUT2D eigenvalue weighted by Gasteiger charge is -2.08. The first kappa shape index (κ1) is 13.1. The van der Waals surface area contributed by atoms with Gasteiger partial charge in [0.1, 0.15) is 10.1 Å². The summed E-state index contributed by atoms with van der Waals surface area (Å²) in [5.41, 5.74) is 2.75. The van der Waals surface area contributed by atoms with Crippen molar-refractivity contribution in [3.8, 4) is 0 Å². The van der Waals surface area contributed by atoms with Crippen molar-refractivity contribution in [1.82, 2.24) is 14.8 Å². The van der Waals surface area contributed by atoms with Crippen molar-refractivity contribution in [2.45, 2.75) is 23.6 Å². The molecule has 0 fully saturated rings. The molecular formula is C15H15N3OS. The van der Waals surface area contributed by atoms with Crippen molar-refractivity contribution in [2.75, 3.05) is 0 Å². The van der Waals surface area contributed by atoms with E-state index in [2.05, 4.69) is 10.1 Å². The van der Waals surface area contributed by atoms with E-state index in [4.69, 9.17) is 0 Å². The van der Waals surface area contributed by atoms with Gasteiger partial charge in [0, 0.05) is 18.0 Å². The van der Waals surface area contributed by atoms with E-state index in [1.165, 1.54) is 11.8 Å². The fourth-order valence-electron chi connectivity index (χ4n) is 2.13. The van der Waals surface area contributed by atoms with Crippen LogP contribution in [0.4, 0.5) is 0 Å². The Labute approximate surface area is 121 Å². The number of hydrogen-bond acceptors (Lipinski definition) is 4.